The molecule has 7 heteroatoms. The Morgan fingerprint density at radius 1 is 0.889 bits per heavy atom. The van der Waals surface area contributed by atoms with Gasteiger partial charge in [-0.25, -0.2) is 0 Å². The number of likely N-dealkylation sites (tertiary alicyclic amines) is 1. The highest BCUT2D eigenvalue weighted by Gasteiger charge is 2.70. The van der Waals surface area contributed by atoms with Crippen LogP contribution in [0.3, 0.4) is 0 Å². The second-order valence-corrected chi connectivity index (χ2v) is 22.2. The number of aliphatic carboxylic acids is 1. The van der Waals surface area contributed by atoms with Crippen LogP contribution in [0.1, 0.15) is 159 Å². The van der Waals surface area contributed by atoms with Gasteiger partial charge in [-0.2, -0.15) is 0 Å². The number of carboxylic acid groups (broad SMARTS) is 1. The Balaban J connectivity index is 1.12. The van der Waals surface area contributed by atoms with E-state index in [1.165, 1.54) is 89.7 Å². The number of carbonyl (C=O) groups is 3. The van der Waals surface area contributed by atoms with Crippen molar-refractivity contribution in [3.05, 3.63) is 11.1 Å². The molecule has 0 aromatic rings. The van der Waals surface area contributed by atoms with E-state index in [-0.39, 0.29) is 51.5 Å². The minimum absolute atomic E-state index is 0.0275. The van der Waals surface area contributed by atoms with Crippen LogP contribution in [-0.2, 0) is 19.1 Å². The molecule has 0 spiro atoms. The van der Waals surface area contributed by atoms with Crippen LogP contribution in [0.2, 0.25) is 0 Å². The van der Waals surface area contributed by atoms with Crippen LogP contribution in [0.5, 0.6) is 0 Å². The summed E-state index contributed by atoms with van der Waals surface area (Å²) in [7, 11) is 0. The lowest BCUT2D eigenvalue weighted by Gasteiger charge is -2.72. The molecule has 1 heterocycles. The smallest absolute Gasteiger partial charge is 0.309 e. The van der Waals surface area contributed by atoms with Crippen LogP contribution in [-0.4, -0.2) is 78.0 Å². The van der Waals surface area contributed by atoms with Gasteiger partial charge in [-0.3, -0.25) is 14.4 Å². The van der Waals surface area contributed by atoms with Gasteiger partial charge in [-0.15, -0.1) is 0 Å². The van der Waals surface area contributed by atoms with Crippen molar-refractivity contribution in [2.45, 2.75) is 165 Å². The van der Waals surface area contributed by atoms with Gasteiger partial charge in [0.15, 0.2) is 5.78 Å². The standard InChI is InChI=1S/C47H76N2O5/c1-31(2)39-34(50)28-47(22-25-49(30-32-12-13-32)27-26-48-23-10-11-24-48)21-20-45(8)33(40(39)47)14-15-36-44(7)18-17-37(54-38(51)29-42(3,4)41(52)53)43(5,6)35(44)16-19-46(36,45)9/h31-33,35-37H,10-30H2,1-9H3,(H,52,53)/t33-,35?,36?,37+,44+,45-,46-,47-/m1/s1. The van der Waals surface area contributed by atoms with E-state index in [4.69, 9.17) is 4.74 Å². The lowest BCUT2D eigenvalue weighted by Crippen LogP contribution is -2.65. The molecule has 7 nitrogen and oxygen atoms in total. The number of fused-ring (bicyclic) bond motifs is 7. The van der Waals surface area contributed by atoms with Gasteiger partial charge in [0.2, 0.25) is 0 Å². The van der Waals surface area contributed by atoms with Crippen molar-refractivity contribution < 1.29 is 24.2 Å². The van der Waals surface area contributed by atoms with E-state index in [9.17, 15) is 19.5 Å². The summed E-state index contributed by atoms with van der Waals surface area (Å²) in [6, 6.07) is 0. The number of carboxylic acids is 1. The third-order valence-electron chi connectivity index (χ3n) is 18.0. The lowest BCUT2D eigenvalue weighted by atomic mass is 9.33. The van der Waals surface area contributed by atoms with Crippen LogP contribution >= 0.6 is 0 Å². The van der Waals surface area contributed by atoms with Gasteiger partial charge in [0, 0.05) is 36.9 Å². The van der Waals surface area contributed by atoms with Crippen molar-refractivity contribution in [1.29, 1.82) is 0 Å². The van der Waals surface area contributed by atoms with E-state index < -0.39 is 11.4 Å². The van der Waals surface area contributed by atoms with E-state index in [2.05, 4.69) is 58.3 Å². The first-order valence-electron chi connectivity index (χ1n) is 22.4. The number of ether oxygens (including phenoxy) is 1. The van der Waals surface area contributed by atoms with Gasteiger partial charge >= 0.3 is 11.9 Å². The Bertz CT molecular complexity index is 1500. The molecule has 1 N–H and O–H groups in total. The Morgan fingerprint density at radius 3 is 2.24 bits per heavy atom. The first-order valence-corrected chi connectivity index (χ1v) is 22.4. The minimum Gasteiger partial charge on any atom is -0.481 e. The van der Waals surface area contributed by atoms with E-state index in [1.807, 2.05) is 0 Å². The Kier molecular flexibility index (Phi) is 10.7. The molecule has 8 atom stereocenters. The topological polar surface area (TPSA) is 87.2 Å². The third-order valence-corrected chi connectivity index (χ3v) is 18.0. The Labute approximate surface area is 328 Å². The van der Waals surface area contributed by atoms with Crippen molar-refractivity contribution in [3.63, 3.8) is 0 Å². The molecule has 6 fully saturated rings. The highest BCUT2D eigenvalue weighted by Crippen LogP contribution is 2.77. The number of Topliss-reactive ketones (excluding diaryl/α,β-unsaturated/α-hetero) is 1. The SMILES string of the molecule is CC(C)C1=C2[C@H]3CCC4[C@@]5(C)CC[C@H](OC(=O)CC(C)(C)C(=O)O)C(C)(C)C5CC[C@@]4(C)[C@]3(C)CC[C@@]2(CCN(CCN2CCCC2)CC2CC2)CC1=O. The molecule has 54 heavy (non-hydrogen) atoms. The van der Waals surface area contributed by atoms with Crippen LogP contribution in [0.15, 0.2) is 11.1 Å². The number of hydrogen-bond acceptors (Lipinski definition) is 6. The van der Waals surface area contributed by atoms with Crippen LogP contribution in [0.4, 0.5) is 0 Å². The van der Waals surface area contributed by atoms with Gasteiger partial charge in [-0.05, 0) is 168 Å². The molecule has 2 unspecified atom stereocenters. The maximum absolute atomic E-state index is 14.2. The molecule has 0 radical (unpaired) electrons. The summed E-state index contributed by atoms with van der Waals surface area (Å²) >= 11 is 0. The minimum atomic E-state index is -1.14. The quantitative estimate of drug-likeness (QED) is 0.188. The van der Waals surface area contributed by atoms with Crippen LogP contribution < -0.4 is 0 Å². The van der Waals surface area contributed by atoms with Gasteiger partial charge in [-0.1, -0.05) is 54.0 Å². The third kappa shape index (κ3) is 6.77. The highest BCUT2D eigenvalue weighted by atomic mass is 16.5. The largest absolute Gasteiger partial charge is 0.481 e. The number of esters is 1. The average Bonchev–Trinajstić information content (AvgIpc) is 3.63. The zero-order chi connectivity index (χ0) is 39.1. The molecular weight excluding hydrogens is 673 g/mol. The zero-order valence-electron chi connectivity index (χ0n) is 35.8. The number of rotatable bonds is 13. The first-order chi connectivity index (χ1) is 25.3. The van der Waals surface area contributed by atoms with Gasteiger partial charge in [0.05, 0.1) is 11.8 Å². The molecule has 0 bridgehead atoms. The molecule has 7 rings (SSSR count). The monoisotopic (exact) mass is 749 g/mol. The molecular formula is C47H76N2O5. The predicted octanol–water partition coefficient (Wildman–Crippen LogP) is 9.58. The number of allylic oxidation sites excluding steroid dienone is 2. The van der Waals surface area contributed by atoms with Gasteiger partial charge < -0.3 is 19.6 Å². The summed E-state index contributed by atoms with van der Waals surface area (Å²) in [6.07, 6.45) is 16.0. The molecule has 1 aliphatic heterocycles. The second-order valence-electron chi connectivity index (χ2n) is 22.2. The number of nitrogens with zero attached hydrogens (tertiary/aromatic N) is 2. The number of ketones is 1. The first kappa shape index (κ1) is 40.5. The molecule has 7 aliphatic rings. The summed E-state index contributed by atoms with van der Waals surface area (Å²) in [5.74, 6) is 1.75. The van der Waals surface area contributed by atoms with E-state index >= 15 is 0 Å². The average molecular weight is 749 g/mol. The van der Waals surface area contributed by atoms with Crippen molar-refractivity contribution in [2.75, 3.05) is 39.3 Å². The maximum Gasteiger partial charge on any atom is 0.309 e. The zero-order valence-corrected chi connectivity index (χ0v) is 35.8. The molecule has 304 valence electrons. The summed E-state index contributed by atoms with van der Waals surface area (Å²) in [6.45, 7) is 27.6. The molecule has 0 aromatic heterocycles. The normalized spacial score (nSPS) is 39.4. The molecule has 6 aliphatic carbocycles. The fourth-order valence-corrected chi connectivity index (χ4v) is 14.5. The Hall–Kier alpha value is -1.73. The van der Waals surface area contributed by atoms with Gasteiger partial charge in [0.1, 0.15) is 6.10 Å². The lowest BCUT2D eigenvalue weighted by molar-refractivity contribution is -0.233. The van der Waals surface area contributed by atoms with E-state index in [0.29, 0.717) is 23.5 Å². The van der Waals surface area contributed by atoms with Crippen molar-refractivity contribution in [3.8, 4) is 0 Å². The van der Waals surface area contributed by atoms with Gasteiger partial charge in [0.25, 0.3) is 0 Å². The van der Waals surface area contributed by atoms with Crippen molar-refractivity contribution in [1.82, 2.24) is 9.80 Å². The second kappa shape index (κ2) is 14.3. The van der Waals surface area contributed by atoms with E-state index in [1.54, 1.807) is 19.4 Å². The molecule has 1 saturated heterocycles. The van der Waals surface area contributed by atoms with Crippen LogP contribution in [0, 0.1) is 62.1 Å². The summed E-state index contributed by atoms with van der Waals surface area (Å²) in [4.78, 5) is 44.6. The number of hydrogen-bond donors (Lipinski definition) is 1. The fourth-order valence-electron chi connectivity index (χ4n) is 14.5. The molecule has 0 aromatic carbocycles. The maximum atomic E-state index is 14.2. The molecule has 5 saturated carbocycles. The number of carbonyl (C=O) groups excluding carboxylic acids is 2. The fraction of sp³-hybridized carbons (Fsp3) is 0.894. The van der Waals surface area contributed by atoms with E-state index in [0.717, 1.165) is 51.0 Å². The summed E-state index contributed by atoms with van der Waals surface area (Å²) < 4.78 is 6.22. The predicted molar refractivity (Wildman–Crippen MR) is 215 cm³/mol. The van der Waals surface area contributed by atoms with Crippen molar-refractivity contribution >= 4 is 17.7 Å². The molecule has 0 amide bonds. The Morgan fingerprint density at radius 2 is 1.59 bits per heavy atom. The van der Waals surface area contributed by atoms with Crippen LogP contribution in [0.25, 0.3) is 0 Å². The summed E-state index contributed by atoms with van der Waals surface area (Å²) in [5, 5.41) is 9.65. The highest BCUT2D eigenvalue weighted by molar-refractivity contribution is 6.00. The van der Waals surface area contributed by atoms with Crippen molar-refractivity contribution in [2.24, 2.45) is 62.1 Å². The summed E-state index contributed by atoms with van der Waals surface area (Å²) in [5.41, 5.74) is 1.99.